The molecule has 0 spiro atoms. The first-order valence-electron chi connectivity index (χ1n) is 8.74. The highest BCUT2D eigenvalue weighted by Gasteiger charge is 2.21. The number of nitrogens with one attached hydrogen (secondary N) is 1. The molecule has 0 aliphatic rings. The summed E-state index contributed by atoms with van der Waals surface area (Å²) in [6.45, 7) is 1.42. The van der Waals surface area contributed by atoms with Gasteiger partial charge in [-0.3, -0.25) is 9.69 Å². The van der Waals surface area contributed by atoms with Crippen LogP contribution in [0, 0.1) is 5.82 Å². The molecule has 1 N–H and O–H groups in total. The lowest BCUT2D eigenvalue weighted by Gasteiger charge is -2.20. The summed E-state index contributed by atoms with van der Waals surface area (Å²) in [5, 5.41) is 0.719. The molecular weight excluding hydrogens is 381 g/mol. The van der Waals surface area contributed by atoms with E-state index < -0.39 is 0 Å². The standard InChI is InChI=1S/C20H22FN3OS2/c1-23(2)10-11-24(19(25)12-14-4-6-15(21)7-5-14)20-22-17-9-8-16(26-3)13-18(17)27-20/h4-9,13H,10-12H2,1-3H3/p+1. The number of nitrogens with zero attached hydrogens (tertiary/aromatic N) is 2. The van der Waals surface area contributed by atoms with Crippen LogP contribution in [0.25, 0.3) is 10.2 Å². The van der Waals surface area contributed by atoms with E-state index >= 15 is 0 Å². The summed E-state index contributed by atoms with van der Waals surface area (Å²) in [6.07, 6.45) is 2.27. The zero-order valence-electron chi connectivity index (χ0n) is 15.7. The number of hydrogen-bond donors (Lipinski definition) is 1. The van der Waals surface area contributed by atoms with Crippen molar-refractivity contribution in [2.45, 2.75) is 11.3 Å². The van der Waals surface area contributed by atoms with Crippen LogP contribution in [0.2, 0.25) is 0 Å². The van der Waals surface area contributed by atoms with Gasteiger partial charge in [0.15, 0.2) is 5.13 Å². The molecule has 0 saturated carbocycles. The van der Waals surface area contributed by atoms with Crippen LogP contribution in [0.4, 0.5) is 9.52 Å². The zero-order valence-corrected chi connectivity index (χ0v) is 17.3. The van der Waals surface area contributed by atoms with Gasteiger partial charge >= 0.3 is 0 Å². The molecule has 0 aliphatic heterocycles. The van der Waals surface area contributed by atoms with Gasteiger partial charge in [-0.15, -0.1) is 11.8 Å². The molecule has 4 nitrogen and oxygen atoms in total. The Labute approximate surface area is 167 Å². The highest BCUT2D eigenvalue weighted by atomic mass is 32.2. The van der Waals surface area contributed by atoms with Crippen LogP contribution in [0.3, 0.4) is 0 Å². The van der Waals surface area contributed by atoms with Gasteiger partial charge in [-0.25, -0.2) is 9.37 Å². The molecular formula is C20H23FN3OS2+. The molecule has 142 valence electrons. The second-order valence-electron chi connectivity index (χ2n) is 6.64. The van der Waals surface area contributed by atoms with E-state index in [4.69, 9.17) is 0 Å². The van der Waals surface area contributed by atoms with Crippen molar-refractivity contribution in [1.29, 1.82) is 0 Å². The third kappa shape index (κ3) is 5.06. The van der Waals surface area contributed by atoms with Gasteiger partial charge in [0.25, 0.3) is 0 Å². The number of hydrogen-bond acceptors (Lipinski definition) is 4. The van der Waals surface area contributed by atoms with E-state index in [1.54, 1.807) is 28.8 Å². The van der Waals surface area contributed by atoms with E-state index in [-0.39, 0.29) is 18.1 Å². The molecule has 7 heteroatoms. The average Bonchev–Trinajstić information content (AvgIpc) is 3.06. The molecule has 2 aromatic carbocycles. The molecule has 0 radical (unpaired) electrons. The van der Waals surface area contributed by atoms with Crippen LogP contribution in [-0.2, 0) is 11.2 Å². The summed E-state index contributed by atoms with van der Waals surface area (Å²) in [5.41, 5.74) is 1.71. The second kappa shape index (κ2) is 8.82. The maximum Gasteiger partial charge on any atom is 0.233 e. The predicted molar refractivity (Wildman–Crippen MR) is 112 cm³/mol. The van der Waals surface area contributed by atoms with E-state index in [2.05, 4.69) is 25.1 Å². The molecule has 3 aromatic rings. The van der Waals surface area contributed by atoms with E-state index in [1.165, 1.54) is 33.3 Å². The smallest absolute Gasteiger partial charge is 0.233 e. The molecule has 0 bridgehead atoms. The first-order chi connectivity index (χ1) is 13.0. The van der Waals surface area contributed by atoms with Crippen LogP contribution >= 0.6 is 23.1 Å². The summed E-state index contributed by atoms with van der Waals surface area (Å²) >= 11 is 3.23. The maximum atomic E-state index is 13.1. The first-order valence-corrected chi connectivity index (χ1v) is 10.8. The number of aromatic nitrogens is 1. The zero-order chi connectivity index (χ0) is 19.4. The van der Waals surface area contributed by atoms with Crippen molar-refractivity contribution < 1.29 is 14.1 Å². The lowest BCUT2D eigenvalue weighted by atomic mass is 10.1. The number of amides is 1. The number of anilines is 1. The van der Waals surface area contributed by atoms with Gasteiger partial charge in [-0.1, -0.05) is 23.5 Å². The highest BCUT2D eigenvalue weighted by Crippen LogP contribution is 2.31. The third-order valence-electron chi connectivity index (χ3n) is 4.22. The number of thioether (sulfide) groups is 1. The number of likely N-dealkylation sites (N-methyl/N-ethyl adjacent to an activating group) is 1. The van der Waals surface area contributed by atoms with Crippen molar-refractivity contribution in [2.24, 2.45) is 0 Å². The number of quaternary nitrogens is 1. The normalized spacial score (nSPS) is 11.3. The number of halogens is 1. The molecule has 27 heavy (non-hydrogen) atoms. The van der Waals surface area contributed by atoms with Crippen molar-refractivity contribution >= 4 is 44.4 Å². The quantitative estimate of drug-likeness (QED) is 0.616. The van der Waals surface area contributed by atoms with Gasteiger partial charge in [0.1, 0.15) is 5.82 Å². The minimum absolute atomic E-state index is 0.0213. The number of thiazole rings is 1. The first kappa shape index (κ1) is 19.8. The fourth-order valence-electron chi connectivity index (χ4n) is 2.67. The van der Waals surface area contributed by atoms with Crippen molar-refractivity contribution in [2.75, 3.05) is 38.3 Å². The van der Waals surface area contributed by atoms with Gasteiger partial charge in [0.05, 0.1) is 43.8 Å². The topological polar surface area (TPSA) is 37.6 Å². The Hall–Kier alpha value is -1.96. The number of carbonyl (C=O) groups excluding carboxylic acids is 1. The van der Waals surface area contributed by atoms with Crippen LogP contribution < -0.4 is 9.80 Å². The lowest BCUT2D eigenvalue weighted by molar-refractivity contribution is -0.856. The maximum absolute atomic E-state index is 13.1. The predicted octanol–water partition coefficient (Wildman–Crippen LogP) is 2.88. The molecule has 1 amide bonds. The minimum Gasteiger partial charge on any atom is -0.338 e. The van der Waals surface area contributed by atoms with E-state index in [1.807, 2.05) is 18.4 Å². The monoisotopic (exact) mass is 404 g/mol. The number of fused-ring (bicyclic) bond motifs is 1. The molecule has 0 aliphatic carbocycles. The summed E-state index contributed by atoms with van der Waals surface area (Å²) in [7, 11) is 4.12. The van der Waals surface area contributed by atoms with Crippen molar-refractivity contribution in [3.63, 3.8) is 0 Å². The van der Waals surface area contributed by atoms with E-state index in [0.717, 1.165) is 27.5 Å². The molecule has 0 saturated heterocycles. The molecule has 0 atom stereocenters. The van der Waals surface area contributed by atoms with Crippen LogP contribution in [0.5, 0.6) is 0 Å². The van der Waals surface area contributed by atoms with Crippen LogP contribution in [-0.4, -0.2) is 44.3 Å². The second-order valence-corrected chi connectivity index (χ2v) is 8.52. The van der Waals surface area contributed by atoms with Crippen molar-refractivity contribution in [1.82, 2.24) is 4.98 Å². The Kier molecular flexibility index (Phi) is 6.46. The fraction of sp³-hybridized carbons (Fsp3) is 0.300. The average molecular weight is 405 g/mol. The van der Waals surface area contributed by atoms with Crippen molar-refractivity contribution in [3.8, 4) is 0 Å². The number of carbonyl (C=O) groups is 1. The van der Waals surface area contributed by atoms with Crippen LogP contribution in [0.1, 0.15) is 5.56 Å². The highest BCUT2D eigenvalue weighted by molar-refractivity contribution is 7.98. The van der Waals surface area contributed by atoms with E-state index in [9.17, 15) is 9.18 Å². The molecule has 3 rings (SSSR count). The summed E-state index contributed by atoms with van der Waals surface area (Å²) in [4.78, 5) is 21.9. The Morgan fingerprint density at radius 1 is 1.22 bits per heavy atom. The minimum atomic E-state index is -0.296. The summed E-state index contributed by atoms with van der Waals surface area (Å²) in [5.74, 6) is -0.318. The number of benzene rings is 2. The molecule has 0 unspecified atom stereocenters. The van der Waals surface area contributed by atoms with Gasteiger partial charge in [-0.2, -0.15) is 0 Å². The van der Waals surface area contributed by atoms with Gasteiger partial charge < -0.3 is 4.90 Å². The van der Waals surface area contributed by atoms with E-state index in [0.29, 0.717) is 6.54 Å². The molecule has 1 heterocycles. The Morgan fingerprint density at radius 2 is 1.96 bits per heavy atom. The van der Waals surface area contributed by atoms with Crippen LogP contribution in [0.15, 0.2) is 47.4 Å². The molecule has 0 fully saturated rings. The fourth-order valence-corrected chi connectivity index (χ4v) is 4.23. The van der Waals surface area contributed by atoms with Gasteiger partial charge in [0, 0.05) is 4.90 Å². The number of rotatable bonds is 7. The van der Waals surface area contributed by atoms with Gasteiger partial charge in [0.2, 0.25) is 5.91 Å². The summed E-state index contributed by atoms with van der Waals surface area (Å²) in [6, 6.07) is 12.3. The Bertz CT molecular complexity index is 925. The third-order valence-corrected chi connectivity index (χ3v) is 5.99. The lowest BCUT2D eigenvalue weighted by Crippen LogP contribution is -3.06. The largest absolute Gasteiger partial charge is 0.338 e. The SMILES string of the molecule is CSc1ccc2nc(N(CC[NH+](C)C)C(=O)Cc3ccc(F)cc3)sc2c1. The Balaban J connectivity index is 1.87. The van der Waals surface area contributed by atoms with Crippen molar-refractivity contribution in [3.05, 3.63) is 53.8 Å². The summed E-state index contributed by atoms with van der Waals surface area (Å²) < 4.78 is 14.2. The Morgan fingerprint density at radius 3 is 2.63 bits per heavy atom. The van der Waals surface area contributed by atoms with Gasteiger partial charge in [-0.05, 0) is 42.2 Å². The molecule has 1 aromatic heterocycles.